The molecular formula is C56H39N3S. The zero-order chi connectivity index (χ0) is 40.1. The van der Waals surface area contributed by atoms with Crippen LogP contribution in [0.1, 0.15) is 48.6 Å². The van der Waals surface area contributed by atoms with Crippen molar-refractivity contribution in [3.63, 3.8) is 0 Å². The molecule has 0 bridgehead atoms. The molecule has 0 N–H and O–H groups in total. The van der Waals surface area contributed by atoms with Gasteiger partial charge in [-0.1, -0.05) is 195 Å². The van der Waals surface area contributed by atoms with Gasteiger partial charge in [0, 0.05) is 26.5 Å². The van der Waals surface area contributed by atoms with Gasteiger partial charge in [-0.2, -0.15) is 0 Å². The number of hydrogen-bond acceptors (Lipinski definition) is 4. The standard InChI is InChI=1S/C56H39N3S/c1-33(2)48-45(31-34(3)35-25-27-39(28-26-35)55-58-53(37-16-6-4-7-17-37)57-54(59-55)38-18-8-5-9-19-38)43-23-14-24-44-46-32-40-20-11-13-22-42(40)52-50(46)56(48,49(43)44)47-30-29-36-15-10-12-21-41(36)51(47)60-52/h4-33H,1-3H3/b34-31+. The molecule has 60 heavy (non-hydrogen) atoms. The van der Waals surface area contributed by atoms with Gasteiger partial charge in [0.1, 0.15) is 0 Å². The summed E-state index contributed by atoms with van der Waals surface area (Å²) in [6.07, 6.45) is 2.47. The number of allylic oxidation sites excluding steroid dienone is 4. The Bertz CT molecular complexity index is 3250. The Morgan fingerprint density at radius 1 is 0.517 bits per heavy atom. The molecule has 1 atom stereocenters. The van der Waals surface area contributed by atoms with E-state index < -0.39 is 0 Å². The highest BCUT2D eigenvalue weighted by Crippen LogP contribution is 2.71. The summed E-state index contributed by atoms with van der Waals surface area (Å²) < 4.78 is 0. The van der Waals surface area contributed by atoms with Crippen LogP contribution in [0.2, 0.25) is 0 Å². The van der Waals surface area contributed by atoms with Gasteiger partial charge < -0.3 is 0 Å². The Balaban J connectivity index is 1.04. The maximum Gasteiger partial charge on any atom is 0.164 e. The van der Waals surface area contributed by atoms with Crippen LogP contribution in [0.15, 0.2) is 191 Å². The third kappa shape index (κ3) is 5.01. The van der Waals surface area contributed by atoms with Crippen LogP contribution in [0.25, 0.3) is 78.0 Å². The molecule has 1 unspecified atom stereocenters. The van der Waals surface area contributed by atoms with Crippen molar-refractivity contribution in [2.45, 2.75) is 36.0 Å². The summed E-state index contributed by atoms with van der Waals surface area (Å²) in [6, 6.07) is 61.3. The van der Waals surface area contributed by atoms with Crippen LogP contribution in [0.3, 0.4) is 0 Å². The Morgan fingerprint density at radius 3 is 1.73 bits per heavy atom. The summed E-state index contributed by atoms with van der Waals surface area (Å²) in [7, 11) is 0. The summed E-state index contributed by atoms with van der Waals surface area (Å²) in [5, 5.41) is 5.25. The SMILES string of the molecule is C/C(=C\C1=C(C(C)C)C23c4ccc5ccccc5c4Sc4c2c(cc2ccccc42)-c2cccc1c23)c1ccc(-c2nc(-c3ccccc3)nc(-c3ccccc3)n2)cc1. The largest absolute Gasteiger partial charge is 0.208 e. The molecule has 0 saturated carbocycles. The van der Waals surface area contributed by atoms with Crippen molar-refractivity contribution < 1.29 is 0 Å². The molecule has 0 radical (unpaired) electrons. The number of hydrogen-bond donors (Lipinski definition) is 0. The molecule has 2 aliphatic carbocycles. The third-order valence-electron chi connectivity index (χ3n) is 12.8. The predicted molar refractivity (Wildman–Crippen MR) is 249 cm³/mol. The van der Waals surface area contributed by atoms with E-state index in [9.17, 15) is 0 Å². The lowest BCUT2D eigenvalue weighted by Gasteiger charge is -2.41. The molecule has 12 rings (SSSR count). The molecule has 284 valence electrons. The minimum absolute atomic E-state index is 0.279. The second kappa shape index (κ2) is 13.3. The molecule has 9 aromatic rings. The van der Waals surface area contributed by atoms with Crippen molar-refractivity contribution in [1.82, 2.24) is 15.0 Å². The van der Waals surface area contributed by atoms with E-state index in [2.05, 4.69) is 136 Å². The first-order valence-corrected chi connectivity index (χ1v) is 21.6. The normalized spacial score (nSPS) is 16.1. The van der Waals surface area contributed by atoms with E-state index in [0.29, 0.717) is 17.5 Å². The topological polar surface area (TPSA) is 38.7 Å². The van der Waals surface area contributed by atoms with Gasteiger partial charge in [-0.15, -0.1) is 0 Å². The van der Waals surface area contributed by atoms with Gasteiger partial charge in [-0.3, -0.25) is 0 Å². The summed E-state index contributed by atoms with van der Waals surface area (Å²) in [6.45, 7) is 7.06. The average molecular weight is 786 g/mol. The molecule has 2 heterocycles. The van der Waals surface area contributed by atoms with E-state index in [4.69, 9.17) is 15.0 Å². The van der Waals surface area contributed by atoms with Crippen molar-refractivity contribution in [1.29, 1.82) is 0 Å². The smallest absolute Gasteiger partial charge is 0.164 e. The van der Waals surface area contributed by atoms with Crippen LogP contribution in [-0.2, 0) is 5.41 Å². The second-order valence-electron chi connectivity index (χ2n) is 16.5. The Hall–Kier alpha value is -6.88. The first kappa shape index (κ1) is 35.1. The first-order chi connectivity index (χ1) is 29.5. The van der Waals surface area contributed by atoms with E-state index >= 15 is 0 Å². The van der Waals surface area contributed by atoms with E-state index in [1.54, 1.807) is 0 Å². The fourth-order valence-electron chi connectivity index (χ4n) is 10.3. The highest BCUT2D eigenvalue weighted by molar-refractivity contribution is 8.00. The van der Waals surface area contributed by atoms with Gasteiger partial charge in [-0.05, 0) is 96.1 Å². The zero-order valence-corrected chi connectivity index (χ0v) is 34.4. The molecule has 4 heteroatoms. The van der Waals surface area contributed by atoms with Crippen molar-refractivity contribution >= 4 is 44.5 Å². The Morgan fingerprint density at radius 2 is 1.08 bits per heavy atom. The maximum atomic E-state index is 4.99. The van der Waals surface area contributed by atoms with E-state index in [0.717, 1.165) is 16.7 Å². The molecule has 3 aliphatic rings. The van der Waals surface area contributed by atoms with Gasteiger partial charge in [0.15, 0.2) is 17.5 Å². The molecule has 8 aromatic carbocycles. The van der Waals surface area contributed by atoms with Gasteiger partial charge >= 0.3 is 0 Å². The van der Waals surface area contributed by atoms with Crippen LogP contribution in [-0.4, -0.2) is 15.0 Å². The highest BCUT2D eigenvalue weighted by atomic mass is 32.2. The van der Waals surface area contributed by atoms with Crippen LogP contribution in [0, 0.1) is 5.92 Å². The Labute approximate surface area is 354 Å². The van der Waals surface area contributed by atoms with Gasteiger partial charge in [-0.25, -0.2) is 15.0 Å². The molecular weight excluding hydrogens is 747 g/mol. The molecule has 0 fully saturated rings. The molecule has 1 aliphatic heterocycles. The summed E-state index contributed by atoms with van der Waals surface area (Å²) in [4.78, 5) is 17.7. The minimum Gasteiger partial charge on any atom is -0.208 e. The minimum atomic E-state index is -0.388. The van der Waals surface area contributed by atoms with Gasteiger partial charge in [0.2, 0.25) is 0 Å². The van der Waals surface area contributed by atoms with E-state index in [1.807, 2.05) is 72.4 Å². The lowest BCUT2D eigenvalue weighted by atomic mass is 9.65. The average Bonchev–Trinajstić information content (AvgIpc) is 3.76. The van der Waals surface area contributed by atoms with Crippen molar-refractivity contribution in [2.75, 3.05) is 0 Å². The second-order valence-corrected chi connectivity index (χ2v) is 17.5. The van der Waals surface area contributed by atoms with E-state index in [1.165, 1.54) is 87.0 Å². The van der Waals surface area contributed by atoms with Crippen molar-refractivity contribution in [3.8, 4) is 45.3 Å². The lowest BCUT2D eigenvalue weighted by Crippen LogP contribution is -2.33. The Kier molecular flexibility index (Phi) is 7.79. The first-order valence-electron chi connectivity index (χ1n) is 20.8. The molecule has 3 nitrogen and oxygen atoms in total. The fraction of sp³-hybridized carbons (Fsp3) is 0.0893. The number of rotatable bonds is 6. The quantitative estimate of drug-likeness (QED) is 0.168. The monoisotopic (exact) mass is 785 g/mol. The van der Waals surface area contributed by atoms with Crippen molar-refractivity contribution in [3.05, 3.63) is 209 Å². The van der Waals surface area contributed by atoms with E-state index in [-0.39, 0.29) is 11.3 Å². The summed E-state index contributed by atoms with van der Waals surface area (Å²) >= 11 is 1.98. The predicted octanol–water partition coefficient (Wildman–Crippen LogP) is 14.5. The zero-order valence-electron chi connectivity index (χ0n) is 33.6. The van der Waals surface area contributed by atoms with Crippen LogP contribution in [0.5, 0.6) is 0 Å². The lowest BCUT2D eigenvalue weighted by molar-refractivity contribution is 0.614. The molecule has 0 saturated heterocycles. The number of fused-ring (bicyclic) bond motifs is 6. The van der Waals surface area contributed by atoms with Crippen LogP contribution in [0.4, 0.5) is 0 Å². The molecule has 1 spiro atoms. The summed E-state index contributed by atoms with van der Waals surface area (Å²) in [5.74, 6) is 2.26. The number of aromatic nitrogens is 3. The van der Waals surface area contributed by atoms with Crippen LogP contribution < -0.4 is 0 Å². The molecule has 1 aromatic heterocycles. The maximum absolute atomic E-state index is 4.99. The molecule has 0 amide bonds. The van der Waals surface area contributed by atoms with Crippen molar-refractivity contribution in [2.24, 2.45) is 5.92 Å². The summed E-state index contributed by atoms with van der Waals surface area (Å²) in [5.41, 5.74) is 16.1. The van der Waals surface area contributed by atoms with Gasteiger partial charge in [0.25, 0.3) is 0 Å². The third-order valence-corrected chi connectivity index (χ3v) is 14.1. The van der Waals surface area contributed by atoms with Gasteiger partial charge in [0.05, 0.1) is 5.41 Å². The van der Waals surface area contributed by atoms with Crippen LogP contribution >= 0.6 is 11.8 Å². The number of benzene rings is 8. The number of nitrogens with zero attached hydrogens (tertiary/aromatic N) is 3. The highest BCUT2D eigenvalue weighted by Gasteiger charge is 2.57. The fourth-order valence-corrected chi connectivity index (χ4v) is 11.8.